The van der Waals surface area contributed by atoms with Crippen molar-refractivity contribution in [1.82, 2.24) is 0 Å². The lowest BCUT2D eigenvalue weighted by atomic mass is 10.0. The molecule has 4 heteroatoms. The fourth-order valence-corrected chi connectivity index (χ4v) is 2.43. The minimum atomic E-state index is -0.451. The molecule has 0 amide bonds. The minimum absolute atomic E-state index is 0.301. The molecule has 1 aromatic heterocycles. The Bertz CT molecular complexity index is 844. The van der Waals surface area contributed by atoms with Crippen LogP contribution in [0, 0.1) is 24.1 Å². The van der Waals surface area contributed by atoms with Crippen LogP contribution in [0.3, 0.4) is 0 Å². The lowest BCUT2D eigenvalue weighted by molar-refractivity contribution is 0.520. The normalized spacial score (nSPS) is 12.3. The van der Waals surface area contributed by atoms with Crippen molar-refractivity contribution in [3.63, 3.8) is 0 Å². The monoisotopic (exact) mass is 280 g/mol. The van der Waals surface area contributed by atoms with Gasteiger partial charge in [-0.15, -0.1) is 0 Å². The molecule has 1 heterocycles. The van der Waals surface area contributed by atoms with Crippen LogP contribution in [-0.4, -0.2) is 0 Å². The van der Waals surface area contributed by atoms with E-state index in [-0.39, 0.29) is 5.82 Å². The average Bonchev–Trinajstić information content (AvgIpc) is 2.83. The van der Waals surface area contributed by atoms with E-state index in [4.69, 9.17) is 15.4 Å². The number of nitrogens with two attached hydrogens (primary N) is 1. The SMILES string of the molecule is Cc1c(C(N)c2ccc(C#N)cc2)oc2ccc(F)cc12. The predicted molar refractivity (Wildman–Crippen MR) is 78.1 cm³/mol. The summed E-state index contributed by atoms with van der Waals surface area (Å²) in [6, 6.07) is 13.1. The van der Waals surface area contributed by atoms with Gasteiger partial charge in [0.25, 0.3) is 0 Å². The Kier molecular flexibility index (Phi) is 3.20. The highest BCUT2D eigenvalue weighted by Crippen LogP contribution is 2.31. The van der Waals surface area contributed by atoms with Gasteiger partial charge in [0.1, 0.15) is 17.2 Å². The summed E-state index contributed by atoms with van der Waals surface area (Å²) >= 11 is 0. The Labute approximate surface area is 121 Å². The third-order valence-corrected chi connectivity index (χ3v) is 3.62. The molecule has 3 rings (SSSR count). The van der Waals surface area contributed by atoms with Crippen molar-refractivity contribution in [2.45, 2.75) is 13.0 Å². The second-order valence-electron chi connectivity index (χ2n) is 4.94. The lowest BCUT2D eigenvalue weighted by Crippen LogP contribution is -2.11. The molecule has 0 fully saturated rings. The maximum Gasteiger partial charge on any atom is 0.134 e. The highest BCUT2D eigenvalue weighted by molar-refractivity contribution is 5.82. The van der Waals surface area contributed by atoms with Gasteiger partial charge in [0.2, 0.25) is 0 Å². The number of halogens is 1. The van der Waals surface area contributed by atoms with E-state index < -0.39 is 6.04 Å². The van der Waals surface area contributed by atoms with Crippen molar-refractivity contribution in [1.29, 1.82) is 5.26 Å². The number of nitriles is 1. The van der Waals surface area contributed by atoms with E-state index in [2.05, 4.69) is 6.07 Å². The van der Waals surface area contributed by atoms with Crippen molar-refractivity contribution in [3.8, 4) is 6.07 Å². The molecule has 3 aromatic rings. The molecule has 0 aliphatic rings. The predicted octanol–water partition coefficient (Wildman–Crippen LogP) is 3.80. The summed E-state index contributed by atoms with van der Waals surface area (Å²) in [6.45, 7) is 1.87. The third kappa shape index (κ3) is 2.28. The van der Waals surface area contributed by atoms with E-state index in [0.717, 1.165) is 16.5 Å². The van der Waals surface area contributed by atoms with Gasteiger partial charge in [-0.25, -0.2) is 4.39 Å². The van der Waals surface area contributed by atoms with Crippen LogP contribution in [0.15, 0.2) is 46.9 Å². The van der Waals surface area contributed by atoms with Gasteiger partial charge >= 0.3 is 0 Å². The largest absolute Gasteiger partial charge is 0.459 e. The summed E-state index contributed by atoms with van der Waals surface area (Å²) in [5.74, 6) is 0.310. The van der Waals surface area contributed by atoms with Crippen LogP contribution in [0.2, 0.25) is 0 Å². The zero-order valence-electron chi connectivity index (χ0n) is 11.4. The van der Waals surface area contributed by atoms with Crippen LogP contribution >= 0.6 is 0 Å². The highest BCUT2D eigenvalue weighted by Gasteiger charge is 2.19. The molecule has 0 bridgehead atoms. The molecule has 0 saturated carbocycles. The van der Waals surface area contributed by atoms with E-state index >= 15 is 0 Å². The number of rotatable bonds is 2. The minimum Gasteiger partial charge on any atom is -0.459 e. The van der Waals surface area contributed by atoms with Gasteiger partial charge in [0.15, 0.2) is 0 Å². The van der Waals surface area contributed by atoms with Gasteiger partial charge in [-0.3, -0.25) is 0 Å². The van der Waals surface area contributed by atoms with Crippen molar-refractivity contribution in [2.75, 3.05) is 0 Å². The summed E-state index contributed by atoms with van der Waals surface area (Å²) in [4.78, 5) is 0. The Morgan fingerprint density at radius 3 is 2.57 bits per heavy atom. The summed E-state index contributed by atoms with van der Waals surface area (Å²) in [5, 5.41) is 9.54. The van der Waals surface area contributed by atoms with Gasteiger partial charge in [-0.1, -0.05) is 12.1 Å². The quantitative estimate of drug-likeness (QED) is 0.776. The van der Waals surface area contributed by atoms with Crippen LogP contribution in [0.25, 0.3) is 11.0 Å². The topological polar surface area (TPSA) is 63.0 Å². The van der Waals surface area contributed by atoms with E-state index in [1.165, 1.54) is 12.1 Å². The van der Waals surface area contributed by atoms with E-state index in [1.807, 2.05) is 6.92 Å². The molecule has 3 nitrogen and oxygen atoms in total. The van der Waals surface area contributed by atoms with E-state index in [1.54, 1.807) is 30.3 Å². The molecule has 21 heavy (non-hydrogen) atoms. The van der Waals surface area contributed by atoms with Gasteiger partial charge in [0.05, 0.1) is 17.7 Å². The molecule has 104 valence electrons. The number of furan rings is 1. The second kappa shape index (κ2) is 5.04. The average molecular weight is 280 g/mol. The van der Waals surface area contributed by atoms with Gasteiger partial charge in [-0.05, 0) is 42.8 Å². The number of benzene rings is 2. The maximum absolute atomic E-state index is 13.3. The number of hydrogen-bond donors (Lipinski definition) is 1. The van der Waals surface area contributed by atoms with Crippen LogP contribution in [-0.2, 0) is 0 Å². The first-order valence-electron chi connectivity index (χ1n) is 6.54. The Morgan fingerprint density at radius 1 is 1.19 bits per heavy atom. The van der Waals surface area contributed by atoms with Crippen molar-refractivity contribution in [3.05, 3.63) is 70.7 Å². The number of nitrogens with zero attached hydrogens (tertiary/aromatic N) is 1. The fraction of sp³-hybridized carbons (Fsp3) is 0.118. The van der Waals surface area contributed by atoms with E-state index in [0.29, 0.717) is 16.9 Å². The molecule has 1 unspecified atom stereocenters. The van der Waals surface area contributed by atoms with Gasteiger partial charge in [0, 0.05) is 10.9 Å². The smallest absolute Gasteiger partial charge is 0.134 e. The van der Waals surface area contributed by atoms with Crippen LogP contribution in [0.5, 0.6) is 0 Å². The molecule has 0 aliphatic carbocycles. The van der Waals surface area contributed by atoms with Crippen LogP contribution in [0.1, 0.15) is 28.5 Å². The fourth-order valence-electron chi connectivity index (χ4n) is 2.43. The van der Waals surface area contributed by atoms with Gasteiger partial charge < -0.3 is 10.2 Å². The van der Waals surface area contributed by atoms with Crippen LogP contribution in [0.4, 0.5) is 4.39 Å². The zero-order chi connectivity index (χ0) is 15.0. The number of fused-ring (bicyclic) bond motifs is 1. The van der Waals surface area contributed by atoms with Crippen molar-refractivity contribution in [2.24, 2.45) is 5.73 Å². The first kappa shape index (κ1) is 13.3. The number of hydrogen-bond acceptors (Lipinski definition) is 3. The maximum atomic E-state index is 13.3. The first-order chi connectivity index (χ1) is 10.1. The molecular weight excluding hydrogens is 267 g/mol. The Hall–Kier alpha value is -2.64. The molecule has 0 saturated heterocycles. The standard InChI is InChI=1S/C17H13FN2O/c1-10-14-8-13(18)6-7-15(14)21-17(10)16(20)12-4-2-11(9-19)3-5-12/h2-8,16H,20H2,1H3. The van der Waals surface area contributed by atoms with Crippen molar-refractivity contribution < 1.29 is 8.81 Å². The summed E-state index contributed by atoms with van der Waals surface area (Å²) < 4.78 is 19.1. The molecule has 0 aliphatic heterocycles. The summed E-state index contributed by atoms with van der Waals surface area (Å²) in [6.07, 6.45) is 0. The first-order valence-corrected chi connectivity index (χ1v) is 6.54. The molecule has 1 atom stereocenters. The Morgan fingerprint density at radius 2 is 1.90 bits per heavy atom. The molecule has 2 N–H and O–H groups in total. The molecular formula is C17H13FN2O. The van der Waals surface area contributed by atoms with Crippen molar-refractivity contribution >= 4 is 11.0 Å². The summed E-state index contributed by atoms with van der Waals surface area (Å²) in [7, 11) is 0. The van der Waals surface area contributed by atoms with Crippen LogP contribution < -0.4 is 5.73 Å². The zero-order valence-corrected chi connectivity index (χ0v) is 11.4. The lowest BCUT2D eigenvalue weighted by Gasteiger charge is -2.10. The third-order valence-electron chi connectivity index (χ3n) is 3.62. The molecule has 0 radical (unpaired) electrons. The summed E-state index contributed by atoms with van der Waals surface area (Å²) in [5.41, 5.74) is 9.12. The number of aryl methyl sites for hydroxylation is 1. The Balaban J connectivity index is 2.06. The second-order valence-corrected chi connectivity index (χ2v) is 4.94. The molecule has 0 spiro atoms. The van der Waals surface area contributed by atoms with Gasteiger partial charge in [-0.2, -0.15) is 5.26 Å². The highest BCUT2D eigenvalue weighted by atomic mass is 19.1. The molecule has 2 aromatic carbocycles. The van der Waals surface area contributed by atoms with E-state index in [9.17, 15) is 4.39 Å².